The average molecular weight is 299 g/mol. The smallest absolute Gasteiger partial charge is 0.204 e. The normalized spacial score (nSPS) is 22.3. The average Bonchev–Trinajstić information content (AvgIpc) is 2.95. The zero-order valence-corrected chi connectivity index (χ0v) is 13.1. The molecule has 1 aromatic rings. The summed E-state index contributed by atoms with van der Waals surface area (Å²) in [5, 5.41) is 0. The number of carbonyl (C=O) groups is 2. The molecule has 0 amide bonds. The van der Waals surface area contributed by atoms with Crippen LogP contribution in [-0.4, -0.2) is 36.2 Å². The van der Waals surface area contributed by atoms with E-state index in [4.69, 9.17) is 4.74 Å². The fraction of sp³-hybridized carbons (Fsp3) is 0.444. The minimum Gasteiger partial charge on any atom is -0.477 e. The molecule has 0 unspecified atom stereocenters. The van der Waals surface area contributed by atoms with Crippen molar-refractivity contribution in [1.82, 2.24) is 4.90 Å². The van der Waals surface area contributed by atoms with Gasteiger partial charge in [-0.25, -0.2) is 0 Å². The number of ketones is 2. The Morgan fingerprint density at radius 3 is 2.50 bits per heavy atom. The predicted octanol–water partition coefficient (Wildman–Crippen LogP) is 2.57. The highest BCUT2D eigenvalue weighted by atomic mass is 16.5. The van der Waals surface area contributed by atoms with Crippen molar-refractivity contribution < 1.29 is 14.3 Å². The Morgan fingerprint density at radius 2 is 1.86 bits per heavy atom. The molecule has 1 heterocycles. The van der Waals surface area contributed by atoms with Crippen molar-refractivity contribution in [3.05, 3.63) is 46.8 Å². The van der Waals surface area contributed by atoms with Gasteiger partial charge in [0, 0.05) is 19.4 Å². The van der Waals surface area contributed by atoms with Gasteiger partial charge in [0.05, 0.1) is 6.54 Å². The number of carbonyl (C=O) groups excluding carboxylic acids is 2. The lowest BCUT2D eigenvalue weighted by molar-refractivity contribution is -0.124. The topological polar surface area (TPSA) is 46.6 Å². The molecule has 116 valence electrons. The summed E-state index contributed by atoms with van der Waals surface area (Å²) in [5.74, 6) is 0.322. The second-order valence-electron chi connectivity index (χ2n) is 5.92. The molecule has 0 spiro atoms. The first kappa shape index (κ1) is 14.8. The van der Waals surface area contributed by atoms with E-state index in [0.29, 0.717) is 25.3 Å². The van der Waals surface area contributed by atoms with Crippen LogP contribution in [0.5, 0.6) is 0 Å². The third kappa shape index (κ3) is 2.54. The second kappa shape index (κ2) is 5.95. The maximum Gasteiger partial charge on any atom is 0.204 e. The van der Waals surface area contributed by atoms with E-state index in [-0.39, 0.29) is 23.1 Å². The lowest BCUT2D eigenvalue weighted by Gasteiger charge is -2.26. The van der Waals surface area contributed by atoms with Crippen LogP contribution in [0.2, 0.25) is 0 Å². The Hall–Kier alpha value is -2.10. The molecular weight excluding hydrogens is 278 g/mol. The van der Waals surface area contributed by atoms with Crippen LogP contribution in [-0.2, 0) is 14.3 Å². The molecule has 1 saturated heterocycles. The first-order chi connectivity index (χ1) is 10.6. The van der Waals surface area contributed by atoms with Gasteiger partial charge in [-0.1, -0.05) is 24.3 Å². The van der Waals surface area contributed by atoms with E-state index in [0.717, 1.165) is 24.2 Å². The largest absolute Gasteiger partial charge is 0.477 e. The third-order valence-electron chi connectivity index (χ3n) is 4.53. The fourth-order valence-corrected chi connectivity index (χ4v) is 3.36. The minimum atomic E-state index is -0.0835. The Kier molecular flexibility index (Phi) is 4.01. The molecule has 3 rings (SSSR count). The summed E-state index contributed by atoms with van der Waals surface area (Å²) in [6, 6.07) is 7.98. The SMILES string of the molecule is CCN1CCOC1=C1C(=O)CC(c2ccccc2C)CC1=O. The molecule has 2 fully saturated rings. The first-order valence-corrected chi connectivity index (χ1v) is 7.85. The molecule has 0 radical (unpaired) electrons. The molecule has 4 heteroatoms. The van der Waals surface area contributed by atoms with Crippen LogP contribution in [0, 0.1) is 6.92 Å². The van der Waals surface area contributed by atoms with E-state index in [2.05, 4.69) is 0 Å². The van der Waals surface area contributed by atoms with Crippen LogP contribution in [0.4, 0.5) is 0 Å². The number of ether oxygens (including phenoxy) is 1. The van der Waals surface area contributed by atoms with Crippen molar-refractivity contribution in [3.8, 4) is 0 Å². The molecule has 2 aliphatic rings. The van der Waals surface area contributed by atoms with Crippen LogP contribution < -0.4 is 0 Å². The number of hydrogen-bond acceptors (Lipinski definition) is 4. The van der Waals surface area contributed by atoms with Crippen LogP contribution in [0.3, 0.4) is 0 Å². The van der Waals surface area contributed by atoms with Gasteiger partial charge in [0.15, 0.2) is 11.6 Å². The number of Topliss-reactive ketones (excluding diaryl/α,β-unsaturated/α-hetero) is 2. The minimum absolute atomic E-state index is 0.0120. The molecule has 0 N–H and O–H groups in total. The predicted molar refractivity (Wildman–Crippen MR) is 83.4 cm³/mol. The summed E-state index contributed by atoms with van der Waals surface area (Å²) in [5.41, 5.74) is 2.52. The van der Waals surface area contributed by atoms with E-state index in [1.165, 1.54) is 0 Å². The summed E-state index contributed by atoms with van der Waals surface area (Å²) in [6.45, 7) is 6.08. The molecular formula is C18H21NO3. The van der Waals surface area contributed by atoms with E-state index in [9.17, 15) is 9.59 Å². The van der Waals surface area contributed by atoms with Crippen molar-refractivity contribution in [2.75, 3.05) is 19.7 Å². The first-order valence-electron chi connectivity index (χ1n) is 7.85. The van der Waals surface area contributed by atoms with Crippen molar-refractivity contribution >= 4 is 11.6 Å². The molecule has 22 heavy (non-hydrogen) atoms. The number of benzene rings is 1. The van der Waals surface area contributed by atoms with E-state index in [1.54, 1.807) is 0 Å². The number of hydrogen-bond donors (Lipinski definition) is 0. The van der Waals surface area contributed by atoms with E-state index < -0.39 is 0 Å². The number of aryl methyl sites for hydroxylation is 1. The van der Waals surface area contributed by atoms with Crippen molar-refractivity contribution in [3.63, 3.8) is 0 Å². The standard InChI is InChI=1S/C18H21NO3/c1-3-19-8-9-22-18(19)17-15(20)10-13(11-16(17)21)14-7-5-4-6-12(14)2/h4-7,13H,3,8-11H2,1-2H3. The van der Waals surface area contributed by atoms with Crippen LogP contribution >= 0.6 is 0 Å². The molecule has 0 aromatic heterocycles. The summed E-state index contributed by atoms with van der Waals surface area (Å²) >= 11 is 0. The van der Waals surface area contributed by atoms with Gasteiger partial charge in [0.1, 0.15) is 12.2 Å². The number of rotatable bonds is 2. The Balaban J connectivity index is 1.90. The monoisotopic (exact) mass is 299 g/mol. The van der Waals surface area contributed by atoms with Crippen molar-refractivity contribution in [2.24, 2.45) is 0 Å². The number of nitrogens with zero attached hydrogens (tertiary/aromatic N) is 1. The van der Waals surface area contributed by atoms with Gasteiger partial charge in [0.25, 0.3) is 0 Å². The Morgan fingerprint density at radius 1 is 1.18 bits per heavy atom. The van der Waals surface area contributed by atoms with Crippen LogP contribution in [0.25, 0.3) is 0 Å². The Bertz CT molecular complexity index is 627. The summed E-state index contributed by atoms with van der Waals surface area (Å²) < 4.78 is 5.57. The summed E-state index contributed by atoms with van der Waals surface area (Å²) in [6.07, 6.45) is 0.771. The van der Waals surface area contributed by atoms with E-state index in [1.807, 2.05) is 43.0 Å². The summed E-state index contributed by atoms with van der Waals surface area (Å²) in [7, 11) is 0. The highest BCUT2D eigenvalue weighted by molar-refractivity contribution is 6.22. The number of allylic oxidation sites excluding steroid dienone is 1. The lowest BCUT2D eigenvalue weighted by atomic mass is 9.78. The van der Waals surface area contributed by atoms with E-state index >= 15 is 0 Å². The van der Waals surface area contributed by atoms with Crippen LogP contribution in [0.15, 0.2) is 35.7 Å². The van der Waals surface area contributed by atoms with Gasteiger partial charge in [-0.05, 0) is 30.9 Å². The summed E-state index contributed by atoms with van der Waals surface area (Å²) in [4.78, 5) is 27.1. The van der Waals surface area contributed by atoms with Gasteiger partial charge in [-0.15, -0.1) is 0 Å². The van der Waals surface area contributed by atoms with Crippen LogP contribution in [0.1, 0.15) is 36.8 Å². The molecule has 4 nitrogen and oxygen atoms in total. The fourth-order valence-electron chi connectivity index (χ4n) is 3.36. The molecule has 1 saturated carbocycles. The second-order valence-corrected chi connectivity index (χ2v) is 5.92. The maximum absolute atomic E-state index is 12.6. The third-order valence-corrected chi connectivity index (χ3v) is 4.53. The quantitative estimate of drug-likeness (QED) is 0.622. The maximum atomic E-state index is 12.6. The van der Waals surface area contributed by atoms with Crippen molar-refractivity contribution in [2.45, 2.75) is 32.6 Å². The van der Waals surface area contributed by atoms with Gasteiger partial charge in [0.2, 0.25) is 5.88 Å². The molecule has 0 bridgehead atoms. The Labute approximate surface area is 130 Å². The highest BCUT2D eigenvalue weighted by Gasteiger charge is 2.37. The van der Waals surface area contributed by atoms with Gasteiger partial charge < -0.3 is 9.64 Å². The van der Waals surface area contributed by atoms with Crippen molar-refractivity contribution in [1.29, 1.82) is 0 Å². The van der Waals surface area contributed by atoms with Gasteiger partial charge in [-0.3, -0.25) is 9.59 Å². The number of likely N-dealkylation sites (N-methyl/N-ethyl adjacent to an activating group) is 1. The highest BCUT2D eigenvalue weighted by Crippen LogP contribution is 2.35. The molecule has 1 aliphatic carbocycles. The van der Waals surface area contributed by atoms with Gasteiger partial charge >= 0.3 is 0 Å². The molecule has 1 aliphatic heterocycles. The molecule has 0 atom stereocenters. The zero-order valence-electron chi connectivity index (χ0n) is 13.1. The zero-order chi connectivity index (χ0) is 15.7. The van der Waals surface area contributed by atoms with Gasteiger partial charge in [-0.2, -0.15) is 0 Å². The molecule has 1 aromatic carbocycles. The lowest BCUT2D eigenvalue weighted by Crippen LogP contribution is -2.30.